The number of hydrogen-bond acceptors (Lipinski definition) is 3. The van der Waals surface area contributed by atoms with Crippen molar-refractivity contribution in [2.75, 3.05) is 31.6 Å². The van der Waals surface area contributed by atoms with Crippen molar-refractivity contribution in [1.82, 2.24) is 10.2 Å². The number of ether oxygens (including phenoxy) is 1. The SMILES string of the molecule is CN=C(NCc1ccc(N2CCCC2=O)cc1)N1CC2C3CCC(O3)C2C1. The molecule has 4 heterocycles. The molecule has 0 aliphatic carbocycles. The van der Waals surface area contributed by atoms with Gasteiger partial charge in [-0.25, -0.2) is 0 Å². The van der Waals surface area contributed by atoms with Crippen LogP contribution in [0.2, 0.25) is 0 Å². The average molecular weight is 368 g/mol. The Labute approximate surface area is 160 Å². The first-order valence-corrected chi connectivity index (χ1v) is 10.2. The van der Waals surface area contributed by atoms with Gasteiger partial charge in [-0.2, -0.15) is 0 Å². The van der Waals surface area contributed by atoms with Crippen molar-refractivity contribution < 1.29 is 9.53 Å². The van der Waals surface area contributed by atoms with E-state index < -0.39 is 0 Å². The quantitative estimate of drug-likeness (QED) is 0.655. The maximum Gasteiger partial charge on any atom is 0.227 e. The number of fused-ring (bicyclic) bond motifs is 5. The van der Waals surface area contributed by atoms with Gasteiger partial charge in [0.2, 0.25) is 5.91 Å². The third-order valence-corrected chi connectivity index (χ3v) is 6.74. The van der Waals surface area contributed by atoms with Gasteiger partial charge in [0.1, 0.15) is 0 Å². The van der Waals surface area contributed by atoms with Crippen LogP contribution in [0.25, 0.3) is 0 Å². The van der Waals surface area contributed by atoms with Gasteiger partial charge in [0, 0.05) is 57.2 Å². The highest BCUT2D eigenvalue weighted by atomic mass is 16.5. The number of amides is 1. The van der Waals surface area contributed by atoms with Crippen LogP contribution >= 0.6 is 0 Å². The summed E-state index contributed by atoms with van der Waals surface area (Å²) < 4.78 is 6.08. The molecule has 4 unspecified atom stereocenters. The van der Waals surface area contributed by atoms with Gasteiger partial charge in [-0.15, -0.1) is 0 Å². The van der Waals surface area contributed by atoms with Crippen LogP contribution in [0.5, 0.6) is 0 Å². The Morgan fingerprint density at radius 2 is 1.89 bits per heavy atom. The Morgan fingerprint density at radius 3 is 2.48 bits per heavy atom. The molecule has 4 atom stereocenters. The molecule has 1 amide bonds. The zero-order valence-electron chi connectivity index (χ0n) is 15.9. The minimum absolute atomic E-state index is 0.235. The zero-order chi connectivity index (χ0) is 18.4. The van der Waals surface area contributed by atoms with Crippen molar-refractivity contribution in [3.05, 3.63) is 29.8 Å². The predicted molar refractivity (Wildman–Crippen MR) is 105 cm³/mol. The fraction of sp³-hybridized carbons (Fsp3) is 0.619. The number of likely N-dealkylation sites (tertiary alicyclic amines) is 1. The third-order valence-electron chi connectivity index (χ3n) is 6.74. The molecule has 0 radical (unpaired) electrons. The lowest BCUT2D eigenvalue weighted by atomic mass is 9.82. The molecule has 4 saturated heterocycles. The predicted octanol–water partition coefficient (Wildman–Crippen LogP) is 2.00. The van der Waals surface area contributed by atoms with Crippen molar-refractivity contribution >= 4 is 17.6 Å². The van der Waals surface area contributed by atoms with Crippen LogP contribution in [0.1, 0.15) is 31.2 Å². The van der Waals surface area contributed by atoms with Crippen LogP contribution in [-0.4, -0.2) is 55.7 Å². The Hall–Kier alpha value is -2.08. The summed E-state index contributed by atoms with van der Waals surface area (Å²) in [7, 11) is 1.86. The van der Waals surface area contributed by atoms with E-state index in [-0.39, 0.29) is 5.91 Å². The van der Waals surface area contributed by atoms with E-state index in [9.17, 15) is 4.79 Å². The normalized spacial score (nSPS) is 32.5. The monoisotopic (exact) mass is 368 g/mol. The van der Waals surface area contributed by atoms with Gasteiger partial charge in [0.15, 0.2) is 5.96 Å². The molecule has 4 fully saturated rings. The van der Waals surface area contributed by atoms with Crippen molar-refractivity contribution in [2.45, 2.75) is 44.4 Å². The largest absolute Gasteiger partial charge is 0.374 e. The first-order chi connectivity index (χ1) is 13.2. The van der Waals surface area contributed by atoms with Crippen LogP contribution in [-0.2, 0) is 16.1 Å². The molecule has 0 saturated carbocycles. The smallest absolute Gasteiger partial charge is 0.227 e. The molecular formula is C21H28N4O2. The van der Waals surface area contributed by atoms with E-state index >= 15 is 0 Å². The topological polar surface area (TPSA) is 57.2 Å². The van der Waals surface area contributed by atoms with E-state index in [4.69, 9.17) is 4.74 Å². The van der Waals surface area contributed by atoms with Crippen LogP contribution in [0.4, 0.5) is 5.69 Å². The van der Waals surface area contributed by atoms with Crippen LogP contribution in [0, 0.1) is 11.8 Å². The lowest BCUT2D eigenvalue weighted by Gasteiger charge is -2.23. The molecule has 4 aliphatic heterocycles. The van der Waals surface area contributed by atoms with Gasteiger partial charge in [-0.3, -0.25) is 9.79 Å². The van der Waals surface area contributed by atoms with E-state index in [1.54, 1.807) is 0 Å². The molecule has 1 aromatic carbocycles. The Kier molecular flexibility index (Phi) is 4.31. The highest BCUT2D eigenvalue weighted by Gasteiger charge is 2.53. The number of hydrogen-bond donors (Lipinski definition) is 1. The van der Waals surface area contributed by atoms with Gasteiger partial charge in [-0.1, -0.05) is 12.1 Å². The number of anilines is 1. The Bertz CT molecular complexity index is 729. The minimum Gasteiger partial charge on any atom is -0.374 e. The number of benzene rings is 1. The van der Waals surface area contributed by atoms with Crippen LogP contribution in [0.3, 0.4) is 0 Å². The number of nitrogens with zero attached hydrogens (tertiary/aromatic N) is 3. The fourth-order valence-corrected chi connectivity index (χ4v) is 5.36. The van der Waals surface area contributed by atoms with Gasteiger partial charge >= 0.3 is 0 Å². The van der Waals surface area contributed by atoms with Crippen molar-refractivity contribution in [3.8, 4) is 0 Å². The first kappa shape index (κ1) is 17.0. The summed E-state index contributed by atoms with van der Waals surface area (Å²) in [4.78, 5) is 20.7. The summed E-state index contributed by atoms with van der Waals surface area (Å²) in [5.74, 6) is 2.58. The maximum absolute atomic E-state index is 11.9. The van der Waals surface area contributed by atoms with Gasteiger partial charge in [-0.05, 0) is 37.0 Å². The van der Waals surface area contributed by atoms with Crippen molar-refractivity contribution in [1.29, 1.82) is 0 Å². The molecule has 1 aromatic rings. The molecule has 27 heavy (non-hydrogen) atoms. The first-order valence-electron chi connectivity index (χ1n) is 10.2. The molecule has 5 rings (SSSR count). The molecule has 4 aliphatic rings. The van der Waals surface area contributed by atoms with Gasteiger partial charge in [0.25, 0.3) is 0 Å². The second-order valence-electron chi connectivity index (χ2n) is 8.24. The summed E-state index contributed by atoms with van der Waals surface area (Å²) >= 11 is 0. The van der Waals surface area contributed by atoms with E-state index in [1.165, 1.54) is 18.4 Å². The highest BCUT2D eigenvalue weighted by Crippen LogP contribution is 2.47. The fourth-order valence-electron chi connectivity index (χ4n) is 5.36. The summed E-state index contributed by atoms with van der Waals surface area (Å²) in [5, 5.41) is 3.52. The Morgan fingerprint density at radius 1 is 1.19 bits per heavy atom. The van der Waals surface area contributed by atoms with Crippen LogP contribution < -0.4 is 10.2 Å². The maximum atomic E-state index is 11.9. The standard InChI is InChI=1S/C21H28N4O2/c1-22-21(24-12-16-17(13-24)19-9-8-18(16)27-19)23-11-14-4-6-15(7-5-14)25-10-2-3-20(25)26/h4-7,16-19H,2-3,8-13H2,1H3,(H,22,23). The summed E-state index contributed by atoms with van der Waals surface area (Å²) in [6.45, 7) is 3.70. The molecule has 144 valence electrons. The van der Waals surface area contributed by atoms with E-state index in [0.717, 1.165) is 44.2 Å². The molecule has 6 nitrogen and oxygen atoms in total. The minimum atomic E-state index is 0.235. The second kappa shape index (κ2) is 6.82. The van der Waals surface area contributed by atoms with Crippen molar-refractivity contribution in [3.63, 3.8) is 0 Å². The summed E-state index contributed by atoms with van der Waals surface area (Å²) in [6, 6.07) is 8.32. The Balaban J connectivity index is 1.19. The van der Waals surface area contributed by atoms with Crippen LogP contribution in [0.15, 0.2) is 29.3 Å². The zero-order valence-corrected chi connectivity index (χ0v) is 15.9. The molecular weight excluding hydrogens is 340 g/mol. The lowest BCUT2D eigenvalue weighted by molar-refractivity contribution is -0.117. The molecule has 0 spiro atoms. The van der Waals surface area contributed by atoms with Gasteiger partial charge in [0.05, 0.1) is 12.2 Å². The second-order valence-corrected chi connectivity index (χ2v) is 8.24. The van der Waals surface area contributed by atoms with E-state index in [2.05, 4.69) is 39.5 Å². The number of rotatable bonds is 3. The number of guanidine groups is 1. The molecule has 2 bridgehead atoms. The number of aliphatic imine (C=N–C) groups is 1. The average Bonchev–Trinajstić information content (AvgIpc) is 3.45. The summed E-state index contributed by atoms with van der Waals surface area (Å²) in [5.41, 5.74) is 2.21. The van der Waals surface area contributed by atoms with E-state index in [1.807, 2.05) is 11.9 Å². The van der Waals surface area contributed by atoms with E-state index in [0.29, 0.717) is 30.5 Å². The third kappa shape index (κ3) is 3.00. The summed E-state index contributed by atoms with van der Waals surface area (Å²) in [6.07, 6.45) is 5.05. The van der Waals surface area contributed by atoms with Gasteiger partial charge < -0.3 is 19.9 Å². The molecule has 6 heteroatoms. The molecule has 0 aromatic heterocycles. The highest BCUT2D eigenvalue weighted by molar-refractivity contribution is 5.95. The number of carbonyl (C=O) groups excluding carboxylic acids is 1. The number of nitrogens with one attached hydrogen (secondary N) is 1. The molecule has 1 N–H and O–H groups in total. The number of carbonyl (C=O) groups is 1. The van der Waals surface area contributed by atoms with Crippen molar-refractivity contribution in [2.24, 2.45) is 16.8 Å². The lowest BCUT2D eigenvalue weighted by Crippen LogP contribution is -2.41.